The second-order valence-electron chi connectivity index (χ2n) is 11.7. The first kappa shape index (κ1) is 23.6. The topological polar surface area (TPSA) is 22.2 Å². The van der Waals surface area contributed by atoms with Gasteiger partial charge in [-0.3, -0.25) is 4.40 Å². The minimum Gasteiger partial charge on any atom is -0.309 e. The van der Waals surface area contributed by atoms with Crippen molar-refractivity contribution in [3.8, 4) is 16.8 Å². The normalized spacial score (nSPS) is 12.1. The van der Waals surface area contributed by atoms with Crippen LogP contribution in [0.4, 0.5) is 0 Å². The summed E-state index contributed by atoms with van der Waals surface area (Å²) in [5, 5.41) is 8.59. The maximum absolute atomic E-state index is 5.10. The fourth-order valence-corrected chi connectivity index (χ4v) is 7.24. The quantitative estimate of drug-likeness (QED) is 0.193. The van der Waals surface area contributed by atoms with Gasteiger partial charge in [-0.2, -0.15) is 0 Å². The second-order valence-corrected chi connectivity index (χ2v) is 11.7. The van der Waals surface area contributed by atoms with Gasteiger partial charge in [0, 0.05) is 27.2 Å². The third kappa shape index (κ3) is 3.24. The predicted octanol–water partition coefficient (Wildman–Crippen LogP) is 10.7. The minimum atomic E-state index is 1.00. The predicted molar refractivity (Wildman–Crippen MR) is 185 cm³/mol. The van der Waals surface area contributed by atoms with Crippen LogP contribution in [0.1, 0.15) is 0 Å². The molecule has 0 amide bonds. The van der Waals surface area contributed by atoms with Crippen LogP contribution in [0.3, 0.4) is 0 Å². The standard InChI is InChI=1S/C41H25N3/c1-2-11-27-22-29(21-20-26(27)10-1)28-12-9-13-30(23-28)43-37-18-7-5-15-32(37)35-25-40-34(24-39(35)43)31-14-3-4-16-33(31)41-42-36-17-6-8-19-38(36)44(40)41/h1-25H. The summed E-state index contributed by atoms with van der Waals surface area (Å²) in [5.41, 5.74) is 10.3. The van der Waals surface area contributed by atoms with Crippen LogP contribution in [0.25, 0.3) is 87.7 Å². The summed E-state index contributed by atoms with van der Waals surface area (Å²) in [6, 6.07) is 54.9. The molecule has 0 N–H and O–H groups in total. The van der Waals surface area contributed by atoms with Crippen molar-refractivity contribution >= 4 is 70.9 Å². The van der Waals surface area contributed by atoms with E-state index in [1.807, 2.05) is 0 Å². The highest BCUT2D eigenvalue weighted by Gasteiger charge is 2.18. The number of benzene rings is 7. The lowest BCUT2D eigenvalue weighted by molar-refractivity contribution is 1.18. The Morgan fingerprint density at radius 1 is 0.386 bits per heavy atom. The summed E-state index contributed by atoms with van der Waals surface area (Å²) in [5.74, 6) is 0. The van der Waals surface area contributed by atoms with E-state index in [9.17, 15) is 0 Å². The van der Waals surface area contributed by atoms with E-state index in [4.69, 9.17) is 4.98 Å². The zero-order chi connectivity index (χ0) is 28.8. The van der Waals surface area contributed by atoms with Crippen LogP contribution in [0.15, 0.2) is 152 Å². The highest BCUT2D eigenvalue weighted by Crippen LogP contribution is 2.39. The molecule has 0 unspecified atom stereocenters. The average Bonchev–Trinajstić information content (AvgIpc) is 3.64. The number of aromatic nitrogens is 3. The number of pyridine rings is 1. The van der Waals surface area contributed by atoms with Gasteiger partial charge in [0.25, 0.3) is 0 Å². The summed E-state index contributed by atoms with van der Waals surface area (Å²) in [6.07, 6.45) is 0. The summed E-state index contributed by atoms with van der Waals surface area (Å²) >= 11 is 0. The summed E-state index contributed by atoms with van der Waals surface area (Å²) in [7, 11) is 0. The molecule has 3 aromatic heterocycles. The first-order valence-electron chi connectivity index (χ1n) is 15.1. The summed E-state index contributed by atoms with van der Waals surface area (Å²) in [4.78, 5) is 5.10. The molecule has 10 rings (SSSR count). The molecule has 10 aromatic rings. The molecule has 0 aliphatic heterocycles. The van der Waals surface area contributed by atoms with Crippen molar-refractivity contribution in [2.24, 2.45) is 0 Å². The lowest BCUT2D eigenvalue weighted by Gasteiger charge is -2.13. The van der Waals surface area contributed by atoms with Crippen molar-refractivity contribution in [1.29, 1.82) is 0 Å². The lowest BCUT2D eigenvalue weighted by Crippen LogP contribution is -1.96. The molecule has 0 aliphatic rings. The largest absolute Gasteiger partial charge is 0.309 e. The maximum atomic E-state index is 5.10. The molecule has 0 atom stereocenters. The highest BCUT2D eigenvalue weighted by atomic mass is 15.0. The number of hydrogen-bond donors (Lipinski definition) is 0. The van der Waals surface area contributed by atoms with Crippen molar-refractivity contribution in [2.75, 3.05) is 0 Å². The van der Waals surface area contributed by atoms with Gasteiger partial charge < -0.3 is 4.57 Å². The molecule has 0 saturated carbocycles. The van der Waals surface area contributed by atoms with Gasteiger partial charge in [-0.25, -0.2) is 4.98 Å². The monoisotopic (exact) mass is 559 g/mol. The SMILES string of the molecule is c1cc(-c2ccc3ccccc3c2)cc(-n2c3ccccc3c3cc4c(cc32)c2ccccc2c2nc3ccccc3n42)c1. The molecule has 0 aliphatic carbocycles. The van der Waals surface area contributed by atoms with E-state index in [-0.39, 0.29) is 0 Å². The Hall–Kier alpha value is -5.93. The molecule has 0 radical (unpaired) electrons. The zero-order valence-corrected chi connectivity index (χ0v) is 23.8. The fourth-order valence-electron chi connectivity index (χ4n) is 7.24. The van der Waals surface area contributed by atoms with Crippen LogP contribution in [0.5, 0.6) is 0 Å². The average molecular weight is 560 g/mol. The van der Waals surface area contributed by atoms with Crippen molar-refractivity contribution < 1.29 is 0 Å². The van der Waals surface area contributed by atoms with Crippen LogP contribution in [0.2, 0.25) is 0 Å². The molecule has 0 fully saturated rings. The molecule has 0 spiro atoms. The molecule has 3 heterocycles. The van der Waals surface area contributed by atoms with E-state index in [1.165, 1.54) is 60.0 Å². The van der Waals surface area contributed by atoms with Crippen molar-refractivity contribution in [3.05, 3.63) is 152 Å². The van der Waals surface area contributed by atoms with Crippen LogP contribution in [-0.2, 0) is 0 Å². The Kier molecular flexibility index (Phi) is 4.72. The number of para-hydroxylation sites is 3. The molecule has 3 heteroatoms. The van der Waals surface area contributed by atoms with Gasteiger partial charge in [-0.1, -0.05) is 103 Å². The van der Waals surface area contributed by atoms with Crippen LogP contribution < -0.4 is 0 Å². The van der Waals surface area contributed by atoms with Gasteiger partial charge in [-0.15, -0.1) is 0 Å². The first-order chi connectivity index (χ1) is 21.8. The van der Waals surface area contributed by atoms with Gasteiger partial charge in [-0.05, 0) is 75.8 Å². The van der Waals surface area contributed by atoms with Gasteiger partial charge in [0.15, 0.2) is 0 Å². The molecule has 0 saturated heterocycles. The van der Waals surface area contributed by atoms with E-state index in [1.54, 1.807) is 0 Å². The third-order valence-corrected chi connectivity index (χ3v) is 9.24. The molecule has 204 valence electrons. The third-order valence-electron chi connectivity index (χ3n) is 9.24. The number of rotatable bonds is 2. The number of nitrogens with zero attached hydrogens (tertiary/aromatic N) is 3. The van der Waals surface area contributed by atoms with E-state index in [0.29, 0.717) is 0 Å². The zero-order valence-electron chi connectivity index (χ0n) is 23.8. The molecule has 0 bridgehead atoms. The van der Waals surface area contributed by atoms with Gasteiger partial charge in [0.2, 0.25) is 0 Å². The van der Waals surface area contributed by atoms with E-state index in [0.717, 1.165) is 27.8 Å². The summed E-state index contributed by atoms with van der Waals surface area (Å²) in [6.45, 7) is 0. The van der Waals surface area contributed by atoms with Crippen molar-refractivity contribution in [1.82, 2.24) is 14.0 Å². The Morgan fingerprint density at radius 3 is 1.98 bits per heavy atom. The maximum Gasteiger partial charge on any atom is 0.146 e. The van der Waals surface area contributed by atoms with Crippen LogP contribution in [-0.4, -0.2) is 14.0 Å². The van der Waals surface area contributed by atoms with E-state index < -0.39 is 0 Å². The molecule has 7 aromatic carbocycles. The summed E-state index contributed by atoms with van der Waals surface area (Å²) < 4.78 is 4.78. The van der Waals surface area contributed by atoms with E-state index in [2.05, 4.69) is 161 Å². The van der Waals surface area contributed by atoms with Crippen LogP contribution in [0, 0.1) is 0 Å². The fraction of sp³-hybridized carbons (Fsp3) is 0. The number of fused-ring (bicyclic) bond motifs is 12. The number of hydrogen-bond acceptors (Lipinski definition) is 1. The Balaban J connectivity index is 1.31. The number of imidazole rings is 1. The van der Waals surface area contributed by atoms with Gasteiger partial charge >= 0.3 is 0 Å². The highest BCUT2D eigenvalue weighted by molar-refractivity contribution is 6.20. The smallest absolute Gasteiger partial charge is 0.146 e. The van der Waals surface area contributed by atoms with Gasteiger partial charge in [0.05, 0.1) is 27.6 Å². The molecular weight excluding hydrogens is 534 g/mol. The Morgan fingerprint density at radius 2 is 1.07 bits per heavy atom. The first-order valence-corrected chi connectivity index (χ1v) is 15.1. The van der Waals surface area contributed by atoms with Gasteiger partial charge in [0.1, 0.15) is 5.65 Å². The minimum absolute atomic E-state index is 1.00. The van der Waals surface area contributed by atoms with Crippen molar-refractivity contribution in [2.45, 2.75) is 0 Å². The van der Waals surface area contributed by atoms with Crippen molar-refractivity contribution in [3.63, 3.8) is 0 Å². The second kappa shape index (κ2) is 8.79. The molecule has 3 nitrogen and oxygen atoms in total. The lowest BCUT2D eigenvalue weighted by atomic mass is 10.0. The Bertz CT molecular complexity index is 2780. The molecular formula is C41H25N3. The molecule has 44 heavy (non-hydrogen) atoms. The Labute approximate surface area is 252 Å². The van der Waals surface area contributed by atoms with E-state index >= 15 is 0 Å². The van der Waals surface area contributed by atoms with Crippen LogP contribution >= 0.6 is 0 Å².